The summed E-state index contributed by atoms with van der Waals surface area (Å²) in [6.45, 7) is 0.706. The van der Waals surface area contributed by atoms with Crippen molar-refractivity contribution in [1.82, 2.24) is 0 Å². The minimum Gasteiger partial charge on any atom is -0.492 e. The molecule has 0 spiro atoms. The van der Waals surface area contributed by atoms with Gasteiger partial charge >= 0.3 is 5.97 Å². The molecule has 1 fully saturated rings. The topological polar surface area (TPSA) is 46.5 Å². The van der Waals surface area contributed by atoms with Crippen molar-refractivity contribution in [2.75, 3.05) is 6.61 Å². The lowest BCUT2D eigenvalue weighted by Crippen LogP contribution is -2.15. The van der Waals surface area contributed by atoms with Crippen LogP contribution in [0.3, 0.4) is 0 Å². The molecule has 1 saturated carbocycles. The number of hydrogen-bond acceptors (Lipinski definition) is 2. The van der Waals surface area contributed by atoms with Gasteiger partial charge in [-0.05, 0) is 36.5 Å². The monoisotopic (exact) mass is 282 g/mol. The maximum Gasteiger partial charge on any atom is 0.307 e. The Balaban J connectivity index is 1.91. The molecule has 104 valence electrons. The minimum absolute atomic E-state index is 0.0113. The molecule has 0 unspecified atom stereocenters. The van der Waals surface area contributed by atoms with Crippen molar-refractivity contribution >= 4 is 17.6 Å². The fourth-order valence-electron chi connectivity index (χ4n) is 2.51. The van der Waals surface area contributed by atoms with Crippen LogP contribution in [0.25, 0.3) is 0 Å². The van der Waals surface area contributed by atoms with Gasteiger partial charge in [-0.2, -0.15) is 0 Å². The lowest BCUT2D eigenvalue weighted by atomic mass is 9.90. The second-order valence-electron chi connectivity index (χ2n) is 5.15. The number of carbonyl (C=O) groups is 1. The number of rotatable bonds is 5. The number of carboxylic acid groups (broad SMARTS) is 1. The summed E-state index contributed by atoms with van der Waals surface area (Å²) in [5.74, 6) is 0.428. The predicted octanol–water partition coefficient (Wildman–Crippen LogP) is 3.93. The molecule has 3 nitrogen and oxygen atoms in total. The average Bonchev–Trinajstić information content (AvgIpc) is 2.38. The zero-order valence-corrected chi connectivity index (χ0v) is 11.7. The van der Waals surface area contributed by atoms with Gasteiger partial charge < -0.3 is 9.84 Å². The lowest BCUT2D eigenvalue weighted by molar-refractivity contribution is -0.136. The van der Waals surface area contributed by atoms with Crippen LogP contribution in [0, 0.1) is 5.92 Å². The van der Waals surface area contributed by atoms with Crippen molar-refractivity contribution in [3.63, 3.8) is 0 Å². The van der Waals surface area contributed by atoms with Crippen molar-refractivity contribution < 1.29 is 14.6 Å². The fourth-order valence-corrected chi connectivity index (χ4v) is 2.77. The molecule has 0 aromatic heterocycles. The molecule has 0 amide bonds. The summed E-state index contributed by atoms with van der Waals surface area (Å²) in [4.78, 5) is 10.6. The van der Waals surface area contributed by atoms with Gasteiger partial charge in [0.1, 0.15) is 5.75 Å². The van der Waals surface area contributed by atoms with E-state index in [2.05, 4.69) is 0 Å². The molecular weight excluding hydrogens is 264 g/mol. The third-order valence-corrected chi connectivity index (χ3v) is 3.85. The summed E-state index contributed by atoms with van der Waals surface area (Å²) in [6, 6.07) is 5.20. The van der Waals surface area contributed by atoms with Crippen LogP contribution in [0.4, 0.5) is 0 Å². The van der Waals surface area contributed by atoms with Gasteiger partial charge in [-0.3, -0.25) is 4.79 Å². The van der Waals surface area contributed by atoms with E-state index in [0.717, 1.165) is 0 Å². The molecule has 4 heteroatoms. The van der Waals surface area contributed by atoms with Crippen LogP contribution in [0.15, 0.2) is 18.2 Å². The Hall–Kier alpha value is -1.22. The molecule has 0 saturated heterocycles. The summed E-state index contributed by atoms with van der Waals surface area (Å²) >= 11 is 6.11. The van der Waals surface area contributed by atoms with Crippen LogP contribution in [0.1, 0.15) is 37.7 Å². The van der Waals surface area contributed by atoms with Crippen LogP contribution in [0.2, 0.25) is 5.02 Å². The van der Waals surface area contributed by atoms with Gasteiger partial charge in [-0.15, -0.1) is 0 Å². The SMILES string of the molecule is O=C(O)Cc1ccc(OCC2CCCCC2)c(Cl)c1. The van der Waals surface area contributed by atoms with Crippen LogP contribution in [0.5, 0.6) is 5.75 Å². The summed E-state index contributed by atoms with van der Waals surface area (Å²) in [6.07, 6.45) is 6.37. The fraction of sp³-hybridized carbons (Fsp3) is 0.533. The smallest absolute Gasteiger partial charge is 0.307 e. The summed E-state index contributed by atoms with van der Waals surface area (Å²) in [5.41, 5.74) is 0.697. The van der Waals surface area contributed by atoms with Crippen molar-refractivity contribution in [3.8, 4) is 5.75 Å². The van der Waals surface area contributed by atoms with E-state index in [1.165, 1.54) is 32.1 Å². The van der Waals surface area contributed by atoms with Crippen molar-refractivity contribution in [1.29, 1.82) is 0 Å². The molecule has 1 aliphatic rings. The highest BCUT2D eigenvalue weighted by Crippen LogP contribution is 2.29. The number of carboxylic acids is 1. The van der Waals surface area contributed by atoms with Gasteiger partial charge in [0.05, 0.1) is 18.1 Å². The number of aliphatic carboxylic acids is 1. The molecule has 19 heavy (non-hydrogen) atoms. The average molecular weight is 283 g/mol. The third-order valence-electron chi connectivity index (χ3n) is 3.55. The first kappa shape index (κ1) is 14.2. The molecule has 0 aliphatic heterocycles. The molecule has 0 radical (unpaired) electrons. The highest BCUT2D eigenvalue weighted by Gasteiger charge is 2.15. The van der Waals surface area contributed by atoms with Gasteiger partial charge in [-0.1, -0.05) is 36.9 Å². The second kappa shape index (κ2) is 6.80. The molecule has 2 rings (SSSR count). The Bertz CT molecular complexity index is 439. The predicted molar refractivity (Wildman–Crippen MR) is 74.9 cm³/mol. The maximum absolute atomic E-state index is 10.6. The van der Waals surface area contributed by atoms with Crippen LogP contribution < -0.4 is 4.74 Å². The van der Waals surface area contributed by atoms with Crippen molar-refractivity contribution in [2.24, 2.45) is 5.92 Å². The molecule has 0 heterocycles. The summed E-state index contributed by atoms with van der Waals surface area (Å²) in [7, 11) is 0. The maximum atomic E-state index is 10.6. The minimum atomic E-state index is -0.855. The third kappa shape index (κ3) is 4.43. The largest absolute Gasteiger partial charge is 0.492 e. The van der Waals surface area contributed by atoms with E-state index >= 15 is 0 Å². The molecule has 1 aromatic rings. The standard InChI is InChI=1S/C15H19ClO3/c16-13-8-12(9-15(17)18)6-7-14(13)19-10-11-4-2-1-3-5-11/h6-8,11H,1-5,9-10H2,(H,17,18). The molecule has 0 bridgehead atoms. The Morgan fingerprint density at radius 2 is 2.05 bits per heavy atom. The first-order valence-electron chi connectivity index (χ1n) is 6.78. The van der Waals surface area contributed by atoms with Gasteiger partial charge in [0, 0.05) is 0 Å². The van der Waals surface area contributed by atoms with Gasteiger partial charge in [0.2, 0.25) is 0 Å². The highest BCUT2D eigenvalue weighted by atomic mass is 35.5. The molecular formula is C15H19ClO3. The van der Waals surface area contributed by atoms with E-state index < -0.39 is 5.97 Å². The first-order chi connectivity index (χ1) is 9.15. The van der Waals surface area contributed by atoms with Gasteiger partial charge in [0.25, 0.3) is 0 Å². The second-order valence-corrected chi connectivity index (χ2v) is 5.56. The van der Waals surface area contributed by atoms with Crippen molar-refractivity contribution in [3.05, 3.63) is 28.8 Å². The normalized spacial score (nSPS) is 16.3. The Morgan fingerprint density at radius 3 is 2.68 bits per heavy atom. The Kier molecular flexibility index (Phi) is 5.08. The molecule has 1 N–H and O–H groups in total. The molecule has 1 aromatic carbocycles. The molecule has 0 atom stereocenters. The van der Waals surface area contributed by atoms with E-state index in [1.54, 1.807) is 18.2 Å². The van der Waals surface area contributed by atoms with E-state index in [1.807, 2.05) is 0 Å². The van der Waals surface area contributed by atoms with E-state index in [-0.39, 0.29) is 6.42 Å². The highest BCUT2D eigenvalue weighted by molar-refractivity contribution is 6.32. The number of halogens is 1. The summed E-state index contributed by atoms with van der Waals surface area (Å²) < 4.78 is 5.76. The van der Waals surface area contributed by atoms with Crippen LogP contribution in [-0.4, -0.2) is 17.7 Å². The zero-order valence-electron chi connectivity index (χ0n) is 10.9. The number of ether oxygens (including phenoxy) is 1. The van der Waals surface area contributed by atoms with Crippen LogP contribution >= 0.6 is 11.6 Å². The first-order valence-corrected chi connectivity index (χ1v) is 7.16. The number of benzene rings is 1. The van der Waals surface area contributed by atoms with E-state index in [9.17, 15) is 4.79 Å². The van der Waals surface area contributed by atoms with E-state index in [4.69, 9.17) is 21.4 Å². The van der Waals surface area contributed by atoms with Crippen molar-refractivity contribution in [2.45, 2.75) is 38.5 Å². The molecule has 1 aliphatic carbocycles. The Labute approximate surface area is 118 Å². The van der Waals surface area contributed by atoms with Crippen LogP contribution in [-0.2, 0) is 11.2 Å². The number of hydrogen-bond donors (Lipinski definition) is 1. The Morgan fingerprint density at radius 1 is 1.32 bits per heavy atom. The van der Waals surface area contributed by atoms with E-state index in [0.29, 0.717) is 28.9 Å². The zero-order chi connectivity index (χ0) is 13.7. The lowest BCUT2D eigenvalue weighted by Gasteiger charge is -2.22. The quantitative estimate of drug-likeness (QED) is 0.890. The summed E-state index contributed by atoms with van der Waals surface area (Å²) in [5, 5.41) is 9.22. The van der Waals surface area contributed by atoms with Gasteiger partial charge in [-0.25, -0.2) is 0 Å². The van der Waals surface area contributed by atoms with Gasteiger partial charge in [0.15, 0.2) is 0 Å².